The van der Waals surface area contributed by atoms with Crippen LogP contribution in [-0.2, 0) is 6.61 Å². The second kappa shape index (κ2) is 8.97. The lowest BCUT2D eigenvalue weighted by molar-refractivity contribution is 0.150. The molecule has 3 aromatic carbocycles. The molecule has 0 radical (unpaired) electrons. The van der Waals surface area contributed by atoms with Gasteiger partial charge in [0, 0.05) is 18.5 Å². The molecule has 1 aromatic heterocycles. The molecule has 0 saturated heterocycles. The molecule has 4 aromatic rings. The number of nitrogens with zero attached hydrogens (tertiary/aromatic N) is 3. The van der Waals surface area contributed by atoms with Gasteiger partial charge in [-0.25, -0.2) is 18.3 Å². The highest BCUT2D eigenvalue weighted by Crippen LogP contribution is 2.32. The van der Waals surface area contributed by atoms with Gasteiger partial charge in [-0.2, -0.15) is 5.10 Å². The summed E-state index contributed by atoms with van der Waals surface area (Å²) in [6, 6.07) is 17.8. The van der Waals surface area contributed by atoms with Crippen LogP contribution in [-0.4, -0.2) is 39.0 Å². The number of ether oxygens (including phenoxy) is 1. The normalized spacial score (nSPS) is 13.7. The predicted molar refractivity (Wildman–Crippen MR) is 124 cm³/mol. The van der Waals surface area contributed by atoms with E-state index in [1.165, 1.54) is 21.8 Å². The Morgan fingerprint density at radius 2 is 1.85 bits per heavy atom. The Morgan fingerprint density at radius 3 is 2.53 bits per heavy atom. The standard InChI is InChI=1S/C26H21F2N3O3/c27-22-14-20-15-29-31(24(20)23(28)25(22)34-16-17-4-2-1-3-5-17)21-8-6-18(7-9-21)19-10-12-30(13-11-19)26(32)33/h1-10,14-15H,11-13,16H2,(H,32,33). The molecule has 0 atom stereocenters. The quantitative estimate of drug-likeness (QED) is 0.417. The molecule has 5 rings (SSSR count). The minimum absolute atomic E-state index is 0.0391. The second-order valence-corrected chi connectivity index (χ2v) is 8.02. The fourth-order valence-electron chi connectivity index (χ4n) is 4.08. The van der Waals surface area contributed by atoms with E-state index in [1.807, 2.05) is 48.5 Å². The minimum atomic E-state index is -0.929. The lowest BCUT2D eigenvalue weighted by atomic mass is 9.99. The first kappa shape index (κ1) is 21.6. The molecule has 1 N–H and O–H groups in total. The van der Waals surface area contributed by atoms with Crippen molar-refractivity contribution >= 4 is 22.6 Å². The van der Waals surface area contributed by atoms with Crippen molar-refractivity contribution < 1.29 is 23.4 Å². The topological polar surface area (TPSA) is 67.6 Å². The highest BCUT2D eigenvalue weighted by Gasteiger charge is 2.21. The highest BCUT2D eigenvalue weighted by atomic mass is 19.1. The van der Waals surface area contributed by atoms with Crippen LogP contribution in [0.4, 0.5) is 13.6 Å². The summed E-state index contributed by atoms with van der Waals surface area (Å²) >= 11 is 0. The van der Waals surface area contributed by atoms with E-state index in [0.29, 0.717) is 30.6 Å². The Kier molecular flexibility index (Phi) is 5.71. The van der Waals surface area contributed by atoms with Crippen molar-refractivity contribution in [3.8, 4) is 11.4 Å². The van der Waals surface area contributed by atoms with Crippen LogP contribution in [0.5, 0.6) is 5.75 Å². The molecule has 34 heavy (non-hydrogen) atoms. The Bertz CT molecular complexity index is 1380. The average Bonchev–Trinajstić information content (AvgIpc) is 3.28. The molecule has 8 heteroatoms. The van der Waals surface area contributed by atoms with E-state index in [1.54, 1.807) is 12.1 Å². The summed E-state index contributed by atoms with van der Waals surface area (Å²) in [4.78, 5) is 12.4. The molecule has 0 bridgehead atoms. The highest BCUT2D eigenvalue weighted by molar-refractivity contribution is 5.83. The van der Waals surface area contributed by atoms with Crippen molar-refractivity contribution in [3.05, 3.63) is 95.7 Å². The maximum Gasteiger partial charge on any atom is 0.407 e. The van der Waals surface area contributed by atoms with Gasteiger partial charge in [-0.3, -0.25) is 0 Å². The van der Waals surface area contributed by atoms with E-state index in [4.69, 9.17) is 9.84 Å². The monoisotopic (exact) mass is 461 g/mol. The van der Waals surface area contributed by atoms with Gasteiger partial charge in [-0.05, 0) is 41.3 Å². The van der Waals surface area contributed by atoms with Crippen LogP contribution in [0.2, 0.25) is 0 Å². The minimum Gasteiger partial charge on any atom is -0.483 e. The Balaban J connectivity index is 1.43. The van der Waals surface area contributed by atoms with Gasteiger partial charge in [0.1, 0.15) is 12.1 Å². The number of rotatable bonds is 5. The Morgan fingerprint density at radius 1 is 1.09 bits per heavy atom. The number of carboxylic acid groups (broad SMARTS) is 1. The first-order valence-corrected chi connectivity index (χ1v) is 10.8. The van der Waals surface area contributed by atoms with Crippen LogP contribution in [0, 0.1) is 11.6 Å². The van der Waals surface area contributed by atoms with Crippen LogP contribution in [0.25, 0.3) is 22.2 Å². The first-order valence-electron chi connectivity index (χ1n) is 10.8. The molecule has 0 spiro atoms. The molecule has 1 amide bonds. The zero-order valence-electron chi connectivity index (χ0n) is 18.1. The molecule has 2 heterocycles. The Labute approximate surface area is 194 Å². The summed E-state index contributed by atoms with van der Waals surface area (Å²) in [5.74, 6) is -2.03. The van der Waals surface area contributed by atoms with Crippen molar-refractivity contribution in [2.75, 3.05) is 13.1 Å². The molecule has 0 saturated carbocycles. The number of aromatic nitrogens is 2. The molecule has 1 aliphatic rings. The van der Waals surface area contributed by atoms with Gasteiger partial charge in [0.05, 0.1) is 11.9 Å². The van der Waals surface area contributed by atoms with E-state index >= 15 is 4.39 Å². The fraction of sp³-hybridized carbons (Fsp3) is 0.154. The molecular formula is C26H21F2N3O3. The summed E-state index contributed by atoms with van der Waals surface area (Å²) in [6.45, 7) is 0.825. The molecule has 1 aliphatic heterocycles. The van der Waals surface area contributed by atoms with Crippen molar-refractivity contribution in [1.82, 2.24) is 14.7 Å². The van der Waals surface area contributed by atoms with Crippen LogP contribution in [0.1, 0.15) is 17.5 Å². The number of hydrogen-bond acceptors (Lipinski definition) is 3. The van der Waals surface area contributed by atoms with Crippen molar-refractivity contribution in [2.24, 2.45) is 0 Å². The number of hydrogen-bond donors (Lipinski definition) is 1. The Hall–Kier alpha value is -4.20. The van der Waals surface area contributed by atoms with Gasteiger partial charge in [0.15, 0.2) is 17.4 Å². The molecule has 172 valence electrons. The zero-order valence-corrected chi connectivity index (χ0v) is 18.1. The number of amides is 1. The number of benzene rings is 3. The molecule has 0 unspecified atom stereocenters. The van der Waals surface area contributed by atoms with Crippen molar-refractivity contribution in [3.63, 3.8) is 0 Å². The number of carbonyl (C=O) groups is 1. The van der Waals surface area contributed by atoms with Crippen LogP contribution < -0.4 is 4.74 Å². The van der Waals surface area contributed by atoms with Gasteiger partial charge < -0.3 is 14.7 Å². The van der Waals surface area contributed by atoms with E-state index in [2.05, 4.69) is 5.10 Å². The fourth-order valence-corrected chi connectivity index (χ4v) is 4.08. The third-order valence-electron chi connectivity index (χ3n) is 5.89. The first-order chi connectivity index (χ1) is 16.5. The van der Waals surface area contributed by atoms with E-state index < -0.39 is 23.5 Å². The molecule has 0 fully saturated rings. The maximum atomic E-state index is 15.4. The summed E-state index contributed by atoms with van der Waals surface area (Å²) in [6.07, 6.45) is 3.00. The summed E-state index contributed by atoms with van der Waals surface area (Å²) in [5, 5.41) is 13.7. The smallest absolute Gasteiger partial charge is 0.407 e. The lowest BCUT2D eigenvalue weighted by Crippen LogP contribution is -2.33. The largest absolute Gasteiger partial charge is 0.483 e. The SMILES string of the molecule is O=C(O)N1CC=C(c2ccc(-n3ncc4cc(F)c(OCc5ccccc5)c(F)c43)cc2)CC1. The van der Waals surface area contributed by atoms with Gasteiger partial charge in [-0.1, -0.05) is 48.5 Å². The number of fused-ring (bicyclic) bond motifs is 1. The van der Waals surface area contributed by atoms with E-state index in [0.717, 1.165) is 16.7 Å². The van der Waals surface area contributed by atoms with Crippen LogP contribution in [0.3, 0.4) is 0 Å². The van der Waals surface area contributed by atoms with E-state index in [-0.39, 0.29) is 12.1 Å². The van der Waals surface area contributed by atoms with Gasteiger partial charge in [-0.15, -0.1) is 0 Å². The summed E-state index contributed by atoms with van der Waals surface area (Å²) in [7, 11) is 0. The average molecular weight is 461 g/mol. The third-order valence-corrected chi connectivity index (χ3v) is 5.89. The summed E-state index contributed by atoms with van der Waals surface area (Å²) in [5.41, 5.74) is 3.56. The van der Waals surface area contributed by atoms with Crippen molar-refractivity contribution in [2.45, 2.75) is 13.0 Å². The summed E-state index contributed by atoms with van der Waals surface area (Å²) < 4.78 is 36.9. The lowest BCUT2D eigenvalue weighted by Gasteiger charge is -2.23. The van der Waals surface area contributed by atoms with Crippen molar-refractivity contribution in [1.29, 1.82) is 0 Å². The maximum absolute atomic E-state index is 15.4. The zero-order chi connectivity index (χ0) is 23.7. The van der Waals surface area contributed by atoms with Gasteiger partial charge in [0.2, 0.25) is 0 Å². The number of halogens is 2. The molecular weight excluding hydrogens is 440 g/mol. The molecule has 6 nitrogen and oxygen atoms in total. The van der Waals surface area contributed by atoms with Crippen LogP contribution in [0.15, 0.2) is 72.9 Å². The molecule has 0 aliphatic carbocycles. The second-order valence-electron chi connectivity index (χ2n) is 8.02. The predicted octanol–water partition coefficient (Wildman–Crippen LogP) is 5.65. The van der Waals surface area contributed by atoms with Crippen LogP contribution >= 0.6 is 0 Å². The van der Waals surface area contributed by atoms with Gasteiger partial charge in [0.25, 0.3) is 0 Å². The third kappa shape index (κ3) is 4.10. The van der Waals surface area contributed by atoms with E-state index in [9.17, 15) is 9.18 Å². The van der Waals surface area contributed by atoms with Gasteiger partial charge >= 0.3 is 6.09 Å².